The third kappa shape index (κ3) is 5.43. The minimum Gasteiger partial charge on any atom is -0.324 e. The van der Waals surface area contributed by atoms with Crippen LogP contribution in [0.15, 0.2) is 41.7 Å². The third-order valence-electron chi connectivity index (χ3n) is 5.34. The van der Waals surface area contributed by atoms with Crippen molar-refractivity contribution in [2.45, 2.75) is 63.0 Å². The lowest BCUT2D eigenvalue weighted by Gasteiger charge is -2.23. The fourth-order valence-electron chi connectivity index (χ4n) is 3.60. The van der Waals surface area contributed by atoms with Gasteiger partial charge in [0.15, 0.2) is 11.0 Å². The highest BCUT2D eigenvalue weighted by Crippen LogP contribution is 2.29. The number of unbranched alkanes of at least 4 members (excludes halogenated alkanes) is 1. The molecule has 0 aliphatic rings. The summed E-state index contributed by atoms with van der Waals surface area (Å²) >= 11 is 1.46. The monoisotopic (exact) mass is 440 g/mol. The molecular formula is C23H32N6OS. The second-order valence-electron chi connectivity index (χ2n) is 7.86. The van der Waals surface area contributed by atoms with Gasteiger partial charge in [0.2, 0.25) is 5.91 Å². The van der Waals surface area contributed by atoms with Crippen LogP contribution in [0.25, 0.3) is 10.9 Å². The zero-order valence-electron chi connectivity index (χ0n) is 19.0. The number of hydrogen-bond donors (Lipinski definition) is 1. The Morgan fingerprint density at radius 1 is 1.19 bits per heavy atom. The highest BCUT2D eigenvalue weighted by atomic mass is 32.2. The van der Waals surface area contributed by atoms with Crippen molar-refractivity contribution in [2.75, 3.05) is 19.4 Å². The molecule has 166 valence electrons. The number of benzene rings is 1. The summed E-state index contributed by atoms with van der Waals surface area (Å²) < 4.78 is 2.19. The van der Waals surface area contributed by atoms with E-state index in [2.05, 4.69) is 57.9 Å². The van der Waals surface area contributed by atoms with E-state index < -0.39 is 0 Å². The van der Waals surface area contributed by atoms with Crippen molar-refractivity contribution in [3.63, 3.8) is 0 Å². The van der Waals surface area contributed by atoms with Crippen molar-refractivity contribution in [1.82, 2.24) is 24.6 Å². The Morgan fingerprint density at radius 3 is 2.71 bits per heavy atom. The van der Waals surface area contributed by atoms with E-state index in [1.165, 1.54) is 11.8 Å². The van der Waals surface area contributed by atoms with E-state index in [9.17, 15) is 4.79 Å². The van der Waals surface area contributed by atoms with E-state index in [4.69, 9.17) is 0 Å². The number of fused-ring (bicyclic) bond motifs is 1. The van der Waals surface area contributed by atoms with Crippen LogP contribution >= 0.6 is 11.8 Å². The molecule has 31 heavy (non-hydrogen) atoms. The van der Waals surface area contributed by atoms with Crippen molar-refractivity contribution in [2.24, 2.45) is 0 Å². The summed E-state index contributed by atoms with van der Waals surface area (Å²) in [6.45, 7) is 7.10. The van der Waals surface area contributed by atoms with Crippen LogP contribution < -0.4 is 5.32 Å². The Labute approximate surface area is 188 Å². The molecule has 3 aromatic rings. The predicted octanol–water partition coefficient (Wildman–Crippen LogP) is 4.76. The van der Waals surface area contributed by atoms with Gasteiger partial charge in [-0.15, -0.1) is 10.2 Å². The van der Waals surface area contributed by atoms with Crippen LogP contribution in [0.4, 0.5) is 5.69 Å². The van der Waals surface area contributed by atoms with E-state index >= 15 is 0 Å². The molecule has 8 heteroatoms. The molecule has 1 amide bonds. The van der Waals surface area contributed by atoms with E-state index in [0.717, 1.165) is 53.4 Å². The summed E-state index contributed by atoms with van der Waals surface area (Å²) in [7, 11) is 4.13. The number of anilines is 1. The first-order valence-electron chi connectivity index (χ1n) is 10.9. The molecule has 2 atom stereocenters. The Kier molecular flexibility index (Phi) is 8.03. The average molecular weight is 441 g/mol. The van der Waals surface area contributed by atoms with Crippen molar-refractivity contribution in [3.8, 4) is 0 Å². The molecule has 0 aliphatic heterocycles. The van der Waals surface area contributed by atoms with Crippen LogP contribution in [0.1, 0.15) is 51.9 Å². The standard InChI is InChI=1S/C23H32N6OS/c1-6-8-15-29-21(20(7-2)28(4)5)26-27-23(29)31-16(3)22(30)25-19-13-9-12-18-17(19)11-10-14-24-18/h9-14,16,20H,6-8,15H2,1-5H3,(H,25,30). The molecule has 0 aliphatic carbocycles. The minimum atomic E-state index is -0.316. The Bertz CT molecular complexity index is 1010. The van der Waals surface area contributed by atoms with E-state index in [0.29, 0.717) is 0 Å². The van der Waals surface area contributed by atoms with Gasteiger partial charge in [-0.05, 0) is 58.1 Å². The molecule has 0 fully saturated rings. The van der Waals surface area contributed by atoms with Crippen LogP contribution in [0.5, 0.6) is 0 Å². The van der Waals surface area contributed by atoms with E-state index in [1.807, 2.05) is 37.3 Å². The van der Waals surface area contributed by atoms with Crippen LogP contribution in [0.2, 0.25) is 0 Å². The fraction of sp³-hybridized carbons (Fsp3) is 0.478. The molecule has 2 heterocycles. The molecule has 3 rings (SSSR count). The lowest BCUT2D eigenvalue weighted by Crippen LogP contribution is -2.24. The summed E-state index contributed by atoms with van der Waals surface area (Å²) in [6.07, 6.45) is 4.84. The van der Waals surface area contributed by atoms with Gasteiger partial charge in [-0.3, -0.25) is 14.7 Å². The number of aromatic nitrogens is 4. The lowest BCUT2D eigenvalue weighted by atomic mass is 10.2. The SMILES string of the molecule is CCCCn1c(SC(C)C(=O)Nc2cccc3ncccc23)nnc1C(CC)N(C)C. The molecular weight excluding hydrogens is 408 g/mol. The number of thioether (sulfide) groups is 1. The number of amides is 1. The molecule has 2 aromatic heterocycles. The summed E-state index contributed by atoms with van der Waals surface area (Å²) in [4.78, 5) is 19.5. The van der Waals surface area contributed by atoms with Crippen molar-refractivity contribution in [1.29, 1.82) is 0 Å². The Balaban J connectivity index is 1.79. The number of nitrogens with zero attached hydrogens (tertiary/aromatic N) is 5. The van der Waals surface area contributed by atoms with Gasteiger partial charge >= 0.3 is 0 Å². The fourth-order valence-corrected chi connectivity index (χ4v) is 4.48. The Morgan fingerprint density at radius 2 is 2.00 bits per heavy atom. The first kappa shape index (κ1) is 23.2. The van der Waals surface area contributed by atoms with Gasteiger partial charge in [-0.2, -0.15) is 0 Å². The first-order valence-corrected chi connectivity index (χ1v) is 11.7. The van der Waals surface area contributed by atoms with Crippen LogP contribution in [-0.4, -0.2) is 49.9 Å². The summed E-state index contributed by atoms with van der Waals surface area (Å²) in [5, 5.41) is 13.4. The molecule has 7 nitrogen and oxygen atoms in total. The number of rotatable bonds is 10. The average Bonchev–Trinajstić information content (AvgIpc) is 3.14. The van der Waals surface area contributed by atoms with Crippen LogP contribution in [0.3, 0.4) is 0 Å². The van der Waals surface area contributed by atoms with Gasteiger partial charge in [0, 0.05) is 18.1 Å². The smallest absolute Gasteiger partial charge is 0.237 e. The highest BCUT2D eigenvalue weighted by molar-refractivity contribution is 8.00. The molecule has 0 saturated heterocycles. The van der Waals surface area contributed by atoms with E-state index in [-0.39, 0.29) is 17.2 Å². The van der Waals surface area contributed by atoms with Gasteiger partial charge in [0.1, 0.15) is 0 Å². The Hall–Kier alpha value is -2.45. The number of carbonyl (C=O) groups excluding carboxylic acids is 1. The van der Waals surface area contributed by atoms with Gasteiger partial charge in [-0.25, -0.2) is 0 Å². The summed E-state index contributed by atoms with van der Waals surface area (Å²) in [5.41, 5.74) is 1.63. The van der Waals surface area contributed by atoms with Gasteiger partial charge in [0.25, 0.3) is 0 Å². The first-order chi connectivity index (χ1) is 15.0. The molecule has 0 saturated carbocycles. The number of nitrogens with one attached hydrogen (secondary N) is 1. The quantitative estimate of drug-likeness (QED) is 0.458. The van der Waals surface area contributed by atoms with Crippen molar-refractivity contribution in [3.05, 3.63) is 42.4 Å². The van der Waals surface area contributed by atoms with Crippen LogP contribution in [0, 0.1) is 0 Å². The maximum atomic E-state index is 13.0. The number of carbonyl (C=O) groups is 1. The summed E-state index contributed by atoms with van der Waals surface area (Å²) in [5.74, 6) is 0.906. The third-order valence-corrected chi connectivity index (χ3v) is 6.42. The normalized spacial score (nSPS) is 13.5. The molecule has 0 bridgehead atoms. The maximum Gasteiger partial charge on any atom is 0.237 e. The second kappa shape index (κ2) is 10.7. The van der Waals surface area contributed by atoms with Gasteiger partial charge < -0.3 is 9.88 Å². The van der Waals surface area contributed by atoms with Crippen molar-refractivity contribution >= 4 is 34.3 Å². The lowest BCUT2D eigenvalue weighted by molar-refractivity contribution is -0.115. The maximum absolute atomic E-state index is 13.0. The minimum absolute atomic E-state index is 0.0624. The zero-order chi connectivity index (χ0) is 22.4. The topological polar surface area (TPSA) is 75.9 Å². The second-order valence-corrected chi connectivity index (χ2v) is 9.17. The molecule has 2 unspecified atom stereocenters. The molecule has 0 spiro atoms. The highest BCUT2D eigenvalue weighted by Gasteiger charge is 2.24. The number of hydrogen-bond acceptors (Lipinski definition) is 6. The largest absolute Gasteiger partial charge is 0.324 e. The molecule has 0 radical (unpaired) electrons. The van der Waals surface area contributed by atoms with E-state index in [1.54, 1.807) is 6.20 Å². The summed E-state index contributed by atoms with van der Waals surface area (Å²) in [6, 6.07) is 9.80. The van der Waals surface area contributed by atoms with Gasteiger partial charge in [0.05, 0.1) is 22.5 Å². The molecule has 1 aromatic carbocycles. The predicted molar refractivity (Wildman–Crippen MR) is 127 cm³/mol. The number of pyridine rings is 1. The zero-order valence-corrected chi connectivity index (χ0v) is 19.8. The van der Waals surface area contributed by atoms with Gasteiger partial charge in [-0.1, -0.05) is 38.1 Å². The molecule has 1 N–H and O–H groups in total. The van der Waals surface area contributed by atoms with Crippen molar-refractivity contribution < 1.29 is 4.79 Å². The van der Waals surface area contributed by atoms with Crippen LogP contribution in [-0.2, 0) is 11.3 Å².